The van der Waals surface area contributed by atoms with Gasteiger partial charge in [-0.25, -0.2) is 0 Å². The molecule has 0 bridgehead atoms. The Balaban J connectivity index is 2.02. The number of ether oxygens (including phenoxy) is 2. The van der Waals surface area contributed by atoms with E-state index in [0.29, 0.717) is 26.1 Å². The lowest BCUT2D eigenvalue weighted by Crippen LogP contribution is -2.05. The molecule has 1 aliphatic rings. The van der Waals surface area contributed by atoms with Crippen LogP contribution in [0.5, 0.6) is 0 Å². The predicted octanol–water partition coefficient (Wildman–Crippen LogP) is 1.56. The molecule has 15 heavy (non-hydrogen) atoms. The molecule has 2 nitrogen and oxygen atoms in total. The van der Waals surface area contributed by atoms with E-state index >= 15 is 0 Å². The molecule has 1 heterocycles. The van der Waals surface area contributed by atoms with Gasteiger partial charge in [-0.1, -0.05) is 23.7 Å². The van der Waals surface area contributed by atoms with Crippen molar-refractivity contribution in [3.63, 3.8) is 0 Å². The molecular formula is C13H14O2. The maximum Gasteiger partial charge on any atom is 0.158 e. The Kier molecular flexibility index (Phi) is 6.19. The first kappa shape index (κ1) is 11.7. The fraction of sp³-hybridized carbons (Fsp3) is 0.538. The maximum absolute atomic E-state index is 5.27. The molecule has 0 amide bonds. The number of rotatable bonds is 2. The summed E-state index contributed by atoms with van der Waals surface area (Å²) in [4.78, 5) is 0. The van der Waals surface area contributed by atoms with Crippen LogP contribution in [0.25, 0.3) is 0 Å². The zero-order chi connectivity index (χ0) is 10.8. The molecule has 1 rings (SSSR count). The lowest BCUT2D eigenvalue weighted by molar-refractivity contribution is -0.0453. The summed E-state index contributed by atoms with van der Waals surface area (Å²) in [6, 6.07) is 0. The molecular weight excluding hydrogens is 188 g/mol. The van der Waals surface area contributed by atoms with E-state index < -0.39 is 0 Å². The zero-order valence-corrected chi connectivity index (χ0v) is 8.71. The molecule has 0 atom stereocenters. The van der Waals surface area contributed by atoms with E-state index in [1.165, 1.54) is 0 Å². The van der Waals surface area contributed by atoms with Crippen molar-refractivity contribution >= 4 is 0 Å². The third kappa shape index (κ3) is 5.82. The van der Waals surface area contributed by atoms with Gasteiger partial charge in [0.25, 0.3) is 0 Å². The van der Waals surface area contributed by atoms with E-state index in [4.69, 9.17) is 15.9 Å². The Morgan fingerprint density at radius 1 is 1.00 bits per heavy atom. The van der Waals surface area contributed by atoms with Crippen LogP contribution in [-0.4, -0.2) is 19.5 Å². The van der Waals surface area contributed by atoms with Crippen LogP contribution in [0.4, 0.5) is 0 Å². The summed E-state index contributed by atoms with van der Waals surface area (Å²) in [5.74, 6) is 14.2. The van der Waals surface area contributed by atoms with Crippen LogP contribution in [-0.2, 0) is 9.47 Å². The second kappa shape index (κ2) is 7.95. The fourth-order valence-electron chi connectivity index (χ4n) is 1.14. The van der Waals surface area contributed by atoms with Crippen LogP contribution < -0.4 is 0 Å². The summed E-state index contributed by atoms with van der Waals surface area (Å²) in [6.45, 7) is 1.41. The Morgan fingerprint density at radius 2 is 1.67 bits per heavy atom. The molecule has 0 radical (unpaired) electrons. The SMILES string of the molecule is C#CCC#CCC#CCCC1OCCO1. The quantitative estimate of drug-likeness (QED) is 0.633. The van der Waals surface area contributed by atoms with Crippen molar-refractivity contribution in [1.82, 2.24) is 0 Å². The molecule has 1 fully saturated rings. The topological polar surface area (TPSA) is 18.5 Å². The average molecular weight is 202 g/mol. The Labute approximate surface area is 91.3 Å². The van der Waals surface area contributed by atoms with Crippen molar-refractivity contribution < 1.29 is 9.47 Å². The maximum atomic E-state index is 5.27. The molecule has 0 aliphatic carbocycles. The first-order valence-corrected chi connectivity index (χ1v) is 5.01. The van der Waals surface area contributed by atoms with Crippen LogP contribution in [0.15, 0.2) is 0 Å². The van der Waals surface area contributed by atoms with Gasteiger partial charge in [0.2, 0.25) is 0 Å². The van der Waals surface area contributed by atoms with Crippen molar-refractivity contribution in [2.24, 2.45) is 0 Å². The Hall–Kier alpha value is -1.40. The highest BCUT2D eigenvalue weighted by molar-refractivity contribution is 5.14. The molecule has 0 aromatic carbocycles. The molecule has 78 valence electrons. The lowest BCUT2D eigenvalue weighted by atomic mass is 10.3. The molecule has 1 aliphatic heterocycles. The van der Waals surface area contributed by atoms with Crippen LogP contribution >= 0.6 is 0 Å². The van der Waals surface area contributed by atoms with Crippen molar-refractivity contribution in [2.75, 3.05) is 13.2 Å². The fourth-order valence-corrected chi connectivity index (χ4v) is 1.14. The Bertz CT molecular complexity index is 324. The van der Waals surface area contributed by atoms with Gasteiger partial charge in [-0.05, 0) is 0 Å². The second-order valence-corrected chi connectivity index (χ2v) is 2.97. The van der Waals surface area contributed by atoms with Crippen molar-refractivity contribution in [3.8, 4) is 36.0 Å². The molecule has 0 unspecified atom stereocenters. The minimum absolute atomic E-state index is 0.0492. The highest BCUT2D eigenvalue weighted by Crippen LogP contribution is 2.08. The van der Waals surface area contributed by atoms with E-state index in [2.05, 4.69) is 29.6 Å². The normalized spacial score (nSPS) is 14.6. The summed E-state index contributed by atoms with van der Waals surface area (Å²) in [5.41, 5.74) is 0. The van der Waals surface area contributed by atoms with E-state index in [1.807, 2.05) is 0 Å². The molecule has 0 spiro atoms. The molecule has 0 saturated carbocycles. The molecule has 0 aromatic heterocycles. The lowest BCUT2D eigenvalue weighted by Gasteiger charge is -2.04. The van der Waals surface area contributed by atoms with Crippen LogP contribution in [0.3, 0.4) is 0 Å². The minimum Gasteiger partial charge on any atom is -0.350 e. The van der Waals surface area contributed by atoms with Gasteiger partial charge in [0.15, 0.2) is 6.29 Å². The van der Waals surface area contributed by atoms with E-state index in [-0.39, 0.29) is 6.29 Å². The van der Waals surface area contributed by atoms with Crippen LogP contribution in [0, 0.1) is 36.0 Å². The summed E-state index contributed by atoms with van der Waals surface area (Å²) in [7, 11) is 0. The van der Waals surface area contributed by atoms with Gasteiger partial charge in [0, 0.05) is 12.8 Å². The minimum atomic E-state index is -0.0492. The van der Waals surface area contributed by atoms with Gasteiger partial charge < -0.3 is 9.47 Å². The standard InChI is InChI=1S/C13H14O2/c1-2-3-4-5-6-7-8-9-10-13-14-11-12-15-13/h1,13H,3,6,9-12H2. The van der Waals surface area contributed by atoms with Gasteiger partial charge in [-0.2, -0.15) is 0 Å². The predicted molar refractivity (Wildman–Crippen MR) is 58.5 cm³/mol. The number of terminal acetylenes is 1. The van der Waals surface area contributed by atoms with E-state index in [9.17, 15) is 0 Å². The Morgan fingerprint density at radius 3 is 2.40 bits per heavy atom. The highest BCUT2D eigenvalue weighted by Gasteiger charge is 2.13. The third-order valence-electron chi connectivity index (χ3n) is 1.81. The largest absolute Gasteiger partial charge is 0.350 e. The van der Waals surface area contributed by atoms with Crippen molar-refractivity contribution in [3.05, 3.63) is 0 Å². The van der Waals surface area contributed by atoms with Gasteiger partial charge in [-0.3, -0.25) is 0 Å². The van der Waals surface area contributed by atoms with Gasteiger partial charge in [0.05, 0.1) is 26.1 Å². The van der Waals surface area contributed by atoms with E-state index in [0.717, 1.165) is 12.8 Å². The summed E-state index contributed by atoms with van der Waals surface area (Å²) in [6.07, 6.45) is 7.72. The van der Waals surface area contributed by atoms with Gasteiger partial charge in [0.1, 0.15) is 0 Å². The first-order valence-electron chi connectivity index (χ1n) is 5.01. The third-order valence-corrected chi connectivity index (χ3v) is 1.81. The molecule has 1 saturated heterocycles. The highest BCUT2D eigenvalue weighted by atomic mass is 16.7. The smallest absolute Gasteiger partial charge is 0.158 e. The van der Waals surface area contributed by atoms with Gasteiger partial charge in [-0.15, -0.1) is 12.3 Å². The summed E-state index contributed by atoms with van der Waals surface area (Å²) >= 11 is 0. The average Bonchev–Trinajstić information content (AvgIpc) is 2.75. The molecule has 2 heteroatoms. The number of hydrogen-bond acceptors (Lipinski definition) is 2. The van der Waals surface area contributed by atoms with Crippen molar-refractivity contribution in [2.45, 2.75) is 32.0 Å². The first-order chi connectivity index (χ1) is 7.43. The van der Waals surface area contributed by atoms with E-state index in [1.54, 1.807) is 0 Å². The molecule has 0 N–H and O–H groups in total. The summed E-state index contributed by atoms with van der Waals surface area (Å²) < 4.78 is 10.5. The van der Waals surface area contributed by atoms with Gasteiger partial charge >= 0.3 is 0 Å². The van der Waals surface area contributed by atoms with Crippen molar-refractivity contribution in [1.29, 1.82) is 0 Å². The molecule has 0 aromatic rings. The van der Waals surface area contributed by atoms with Crippen LogP contribution in [0.2, 0.25) is 0 Å². The van der Waals surface area contributed by atoms with Crippen LogP contribution in [0.1, 0.15) is 25.7 Å². The zero-order valence-electron chi connectivity index (χ0n) is 8.71. The number of hydrogen-bond donors (Lipinski definition) is 0. The second-order valence-electron chi connectivity index (χ2n) is 2.97. The summed E-state index contributed by atoms with van der Waals surface area (Å²) in [5, 5.41) is 0. The monoisotopic (exact) mass is 202 g/mol.